The van der Waals surface area contributed by atoms with Gasteiger partial charge >= 0.3 is 6.18 Å². The fraction of sp³-hybridized carbons (Fsp3) is 0.389. The number of nitrogens with zero attached hydrogens (tertiary/aromatic N) is 4. The summed E-state index contributed by atoms with van der Waals surface area (Å²) in [5, 5.41) is 10.3. The summed E-state index contributed by atoms with van der Waals surface area (Å²) in [7, 11) is 1.50. The van der Waals surface area contributed by atoms with Crippen molar-refractivity contribution in [2.75, 3.05) is 13.7 Å². The van der Waals surface area contributed by atoms with E-state index in [1.807, 2.05) is 5.32 Å². The topological polar surface area (TPSA) is 132 Å². The Morgan fingerprint density at radius 2 is 2.07 bits per heavy atom. The van der Waals surface area contributed by atoms with E-state index in [1.165, 1.54) is 19.5 Å². The molecule has 0 aliphatic carbocycles. The van der Waals surface area contributed by atoms with Gasteiger partial charge in [0, 0.05) is 17.1 Å². The molecule has 0 bridgehead atoms. The van der Waals surface area contributed by atoms with Gasteiger partial charge in [0.2, 0.25) is 5.91 Å². The molecule has 4 N–H and O–H groups in total. The zero-order valence-electron chi connectivity index (χ0n) is 16.4. The third-order valence-corrected chi connectivity index (χ3v) is 4.70. The van der Waals surface area contributed by atoms with Crippen LogP contribution in [0.25, 0.3) is 22.4 Å². The van der Waals surface area contributed by atoms with E-state index < -0.39 is 30.1 Å². The number of halogens is 3. The van der Waals surface area contributed by atoms with Crippen LogP contribution in [-0.4, -0.2) is 50.9 Å². The molecule has 0 fully saturated rings. The van der Waals surface area contributed by atoms with Gasteiger partial charge in [-0.2, -0.15) is 18.3 Å². The normalized spacial score (nSPS) is 14.0. The third kappa shape index (κ3) is 4.03. The predicted molar refractivity (Wildman–Crippen MR) is 101 cm³/mol. The second-order valence-corrected chi connectivity index (χ2v) is 6.96. The van der Waals surface area contributed by atoms with Crippen molar-refractivity contribution in [2.45, 2.75) is 25.6 Å². The van der Waals surface area contributed by atoms with Crippen LogP contribution in [0.1, 0.15) is 19.5 Å². The number of hydrogen-bond acceptors (Lipinski definition) is 7. The number of H-pyrrole nitrogens is 1. The molecule has 0 saturated heterocycles. The first kappa shape index (κ1) is 21.4. The molecule has 3 aromatic rings. The molecule has 3 heterocycles. The Morgan fingerprint density at radius 1 is 1.33 bits per heavy atom. The van der Waals surface area contributed by atoms with Crippen molar-refractivity contribution in [3.05, 3.63) is 30.4 Å². The van der Waals surface area contributed by atoms with E-state index in [0.29, 0.717) is 22.3 Å². The average molecular weight is 423 g/mol. The van der Waals surface area contributed by atoms with Crippen molar-refractivity contribution < 1.29 is 22.7 Å². The maximum absolute atomic E-state index is 12.6. The van der Waals surface area contributed by atoms with E-state index >= 15 is 0 Å². The lowest BCUT2D eigenvalue weighted by Gasteiger charge is -2.31. The Bertz CT molecular complexity index is 1070. The van der Waals surface area contributed by atoms with Crippen molar-refractivity contribution in [3.8, 4) is 17.1 Å². The Kier molecular flexibility index (Phi) is 5.61. The van der Waals surface area contributed by atoms with Crippen molar-refractivity contribution in [1.82, 2.24) is 30.5 Å². The van der Waals surface area contributed by atoms with E-state index in [9.17, 15) is 18.0 Å². The van der Waals surface area contributed by atoms with Crippen LogP contribution in [0.3, 0.4) is 0 Å². The predicted octanol–water partition coefficient (Wildman–Crippen LogP) is 1.91. The van der Waals surface area contributed by atoms with Gasteiger partial charge in [0.05, 0.1) is 25.2 Å². The smallest absolute Gasteiger partial charge is 0.405 e. The summed E-state index contributed by atoms with van der Waals surface area (Å²) < 4.78 is 42.8. The summed E-state index contributed by atoms with van der Waals surface area (Å²) in [5.41, 5.74) is 5.48. The van der Waals surface area contributed by atoms with Crippen molar-refractivity contribution in [1.29, 1.82) is 0 Å². The van der Waals surface area contributed by atoms with Gasteiger partial charge in [-0.1, -0.05) is 13.8 Å². The van der Waals surface area contributed by atoms with Gasteiger partial charge in [0.15, 0.2) is 5.82 Å². The number of amides is 1. The summed E-state index contributed by atoms with van der Waals surface area (Å²) in [6.45, 7) is 1.71. The zero-order chi connectivity index (χ0) is 22.1. The van der Waals surface area contributed by atoms with E-state index in [0.717, 1.165) is 0 Å². The van der Waals surface area contributed by atoms with Crippen molar-refractivity contribution >= 4 is 16.9 Å². The molecule has 9 nitrogen and oxygen atoms in total. The highest BCUT2D eigenvalue weighted by Crippen LogP contribution is 2.30. The minimum Gasteiger partial charge on any atom is -0.495 e. The Morgan fingerprint density at radius 3 is 2.70 bits per heavy atom. The number of nitrogens with two attached hydrogens (primary N) is 1. The second-order valence-electron chi connectivity index (χ2n) is 6.96. The molecule has 0 saturated carbocycles. The Labute approximate surface area is 169 Å². The molecule has 0 spiro atoms. The lowest BCUT2D eigenvalue weighted by Crippen LogP contribution is -2.56. The molecule has 1 amide bonds. The van der Waals surface area contributed by atoms with E-state index in [-0.39, 0.29) is 11.5 Å². The first-order chi connectivity index (χ1) is 14.1. The standard InChI is InChI=1S/C18H20F3N7O2/c1-9(2)18(22,16(29)25-8-17(19,20)21)13-7-26-28-15(27-13)12-6-24-14-11(12)4-10(30-3)5-23-14/h4-7,9H,8,22H2,1-3H3,(H,23,24)(H,25,29)/t18-/m0/s1. The van der Waals surface area contributed by atoms with Crippen LogP contribution in [0.5, 0.6) is 5.75 Å². The number of alkyl halides is 3. The maximum atomic E-state index is 12.6. The zero-order valence-corrected chi connectivity index (χ0v) is 16.4. The summed E-state index contributed by atoms with van der Waals surface area (Å²) in [5.74, 6) is -0.953. The van der Waals surface area contributed by atoms with Crippen LogP contribution in [-0.2, 0) is 10.3 Å². The number of rotatable bonds is 6. The largest absolute Gasteiger partial charge is 0.495 e. The van der Waals surface area contributed by atoms with E-state index in [4.69, 9.17) is 10.5 Å². The quantitative estimate of drug-likeness (QED) is 0.552. The molecule has 0 unspecified atom stereocenters. The molecule has 30 heavy (non-hydrogen) atoms. The number of carbonyl (C=O) groups excluding carboxylic acids is 1. The van der Waals surface area contributed by atoms with Crippen LogP contribution in [0.15, 0.2) is 24.7 Å². The third-order valence-electron chi connectivity index (χ3n) is 4.70. The highest BCUT2D eigenvalue weighted by atomic mass is 19.4. The molecule has 12 heteroatoms. The highest BCUT2D eigenvalue weighted by Gasteiger charge is 2.43. The van der Waals surface area contributed by atoms with Crippen LogP contribution < -0.4 is 15.8 Å². The maximum Gasteiger partial charge on any atom is 0.405 e. The number of nitrogens with one attached hydrogen (secondary N) is 2. The van der Waals surface area contributed by atoms with Crippen LogP contribution in [0.4, 0.5) is 13.2 Å². The number of aromatic nitrogens is 5. The summed E-state index contributed by atoms with van der Waals surface area (Å²) in [6.07, 6.45) is -0.259. The van der Waals surface area contributed by atoms with E-state index in [2.05, 4.69) is 25.1 Å². The van der Waals surface area contributed by atoms with Gasteiger partial charge < -0.3 is 20.8 Å². The Hall–Kier alpha value is -3.28. The molecule has 3 rings (SSSR count). The minimum atomic E-state index is -4.57. The number of hydrogen-bond donors (Lipinski definition) is 3. The first-order valence-electron chi connectivity index (χ1n) is 8.92. The lowest BCUT2D eigenvalue weighted by molar-refractivity contribution is -0.143. The van der Waals surface area contributed by atoms with Gasteiger partial charge in [-0.25, -0.2) is 9.97 Å². The number of pyridine rings is 1. The molecular weight excluding hydrogens is 403 g/mol. The van der Waals surface area contributed by atoms with Crippen LogP contribution in [0.2, 0.25) is 0 Å². The highest BCUT2D eigenvalue weighted by molar-refractivity contribution is 5.92. The van der Waals surface area contributed by atoms with Crippen LogP contribution >= 0.6 is 0 Å². The molecule has 0 aliphatic rings. The van der Waals surface area contributed by atoms with Crippen LogP contribution in [0, 0.1) is 5.92 Å². The fourth-order valence-electron chi connectivity index (χ4n) is 2.90. The SMILES string of the molecule is COc1cnc2[nH]cc(-c3nncc([C@](N)(C(=O)NCC(F)(F)F)C(C)C)n3)c2c1. The van der Waals surface area contributed by atoms with Gasteiger partial charge in [0.25, 0.3) is 0 Å². The first-order valence-corrected chi connectivity index (χ1v) is 8.92. The molecule has 0 aromatic carbocycles. The van der Waals surface area contributed by atoms with E-state index in [1.54, 1.807) is 26.1 Å². The van der Waals surface area contributed by atoms with Gasteiger partial charge in [0.1, 0.15) is 23.5 Å². The monoisotopic (exact) mass is 423 g/mol. The molecule has 1 atom stereocenters. The van der Waals surface area contributed by atoms with Gasteiger partial charge in [-0.15, -0.1) is 5.10 Å². The summed E-state index contributed by atoms with van der Waals surface area (Å²) >= 11 is 0. The number of methoxy groups -OCH3 is 1. The fourth-order valence-corrected chi connectivity index (χ4v) is 2.90. The molecule has 3 aromatic heterocycles. The summed E-state index contributed by atoms with van der Waals surface area (Å²) in [4.78, 5) is 24.1. The molecular formula is C18H20F3N7O2. The second kappa shape index (κ2) is 7.86. The van der Waals surface area contributed by atoms with Gasteiger partial charge in [-0.05, 0) is 12.0 Å². The number of fused-ring (bicyclic) bond motifs is 1. The van der Waals surface area contributed by atoms with Crippen molar-refractivity contribution in [2.24, 2.45) is 11.7 Å². The number of aromatic amines is 1. The summed E-state index contributed by atoms with van der Waals surface area (Å²) in [6, 6.07) is 1.72. The Balaban J connectivity index is 2.03. The van der Waals surface area contributed by atoms with Crippen molar-refractivity contribution in [3.63, 3.8) is 0 Å². The number of carbonyl (C=O) groups is 1. The molecule has 160 valence electrons. The molecule has 0 aliphatic heterocycles. The average Bonchev–Trinajstić information content (AvgIpc) is 3.13. The molecule has 0 radical (unpaired) electrons. The number of ether oxygens (including phenoxy) is 1. The minimum absolute atomic E-state index is 0.00706. The lowest BCUT2D eigenvalue weighted by atomic mass is 9.83. The van der Waals surface area contributed by atoms with Gasteiger partial charge in [-0.3, -0.25) is 4.79 Å².